The summed E-state index contributed by atoms with van der Waals surface area (Å²) in [7, 11) is 3.36. The van der Waals surface area contributed by atoms with Crippen molar-refractivity contribution < 1.29 is 27.4 Å². The van der Waals surface area contributed by atoms with Gasteiger partial charge in [0, 0.05) is 51.3 Å². The summed E-state index contributed by atoms with van der Waals surface area (Å²) in [6.07, 6.45) is -2.28. The van der Waals surface area contributed by atoms with E-state index in [1.54, 1.807) is 20.2 Å². The molecule has 3 aromatic rings. The highest BCUT2D eigenvalue weighted by atomic mass is 19.4. The highest BCUT2D eigenvalue weighted by Crippen LogP contribution is 2.43. The minimum Gasteiger partial charge on any atom is -0.461 e. The molecule has 264 valence electrons. The van der Waals surface area contributed by atoms with Crippen molar-refractivity contribution in [3.05, 3.63) is 63.8 Å². The van der Waals surface area contributed by atoms with Gasteiger partial charge in [-0.1, -0.05) is 18.1 Å². The fourth-order valence-corrected chi connectivity index (χ4v) is 7.70. The van der Waals surface area contributed by atoms with Crippen LogP contribution < -0.4 is 15.4 Å². The quantitative estimate of drug-likeness (QED) is 0.298. The number of fused-ring (bicyclic) bond motifs is 3. The first-order chi connectivity index (χ1) is 23.8. The number of ether oxygens (including phenoxy) is 2. The Labute approximate surface area is 288 Å². The molecule has 0 unspecified atom stereocenters. The summed E-state index contributed by atoms with van der Waals surface area (Å²) in [5.74, 6) is 5.38. The van der Waals surface area contributed by atoms with Crippen molar-refractivity contribution in [2.24, 2.45) is 0 Å². The first-order valence-corrected chi connectivity index (χ1v) is 16.7. The average molecular weight is 692 g/mol. The van der Waals surface area contributed by atoms with Gasteiger partial charge in [0.25, 0.3) is 5.91 Å². The Hall–Kier alpha value is -4.68. The lowest BCUT2D eigenvalue weighted by molar-refractivity contribution is -0.140. The Morgan fingerprint density at radius 2 is 2.00 bits per heavy atom. The first-order valence-electron chi connectivity index (χ1n) is 16.7. The molecule has 7 heterocycles. The number of carbonyl (C=O) groups is 1. The summed E-state index contributed by atoms with van der Waals surface area (Å²) in [4.78, 5) is 32.5. The number of aromatic nitrogens is 5. The second-order valence-electron chi connectivity index (χ2n) is 13.7. The van der Waals surface area contributed by atoms with Crippen LogP contribution in [0.4, 0.5) is 24.8 Å². The summed E-state index contributed by atoms with van der Waals surface area (Å²) in [5.41, 5.74) is 7.79. The number of aryl methyl sites for hydroxylation is 1. The standard InChI is InChI=1S/C35H40F3N9O3/c1-5-8-22-13-28(39)41-30(29(22)35(36,37)38)27-15-25-24(19-49-27)31(42-33(40-25)50-20-34-9-6-11-46(34)17-21(2)16-34)45-10-7-12-47-23(18-45)14-26(43-47)32(48)44(3)4/h13-14,27H,2,6-7,9-12,15-20H2,1,3-4H3,(H2,39,41)/t27-,34+/m1/s1. The van der Waals surface area contributed by atoms with Crippen LogP contribution >= 0.6 is 0 Å². The van der Waals surface area contributed by atoms with Gasteiger partial charge in [-0.2, -0.15) is 28.2 Å². The Balaban J connectivity index is 1.27. The van der Waals surface area contributed by atoms with Crippen molar-refractivity contribution in [3.8, 4) is 17.9 Å². The van der Waals surface area contributed by atoms with Crippen LogP contribution in [0.3, 0.4) is 0 Å². The Kier molecular flexibility index (Phi) is 8.72. The number of alkyl halides is 3. The first kappa shape index (κ1) is 33.8. The minimum absolute atomic E-state index is 0.0128. The van der Waals surface area contributed by atoms with Gasteiger partial charge in [0.1, 0.15) is 24.3 Å². The van der Waals surface area contributed by atoms with E-state index in [2.05, 4.69) is 38.3 Å². The number of amides is 1. The summed E-state index contributed by atoms with van der Waals surface area (Å²) in [5, 5.41) is 4.56. The molecule has 50 heavy (non-hydrogen) atoms. The van der Waals surface area contributed by atoms with E-state index in [-0.39, 0.29) is 47.6 Å². The molecule has 12 nitrogen and oxygen atoms in total. The number of carbonyl (C=O) groups excluding carboxylic acids is 1. The number of rotatable bonds is 6. The molecule has 3 aromatic heterocycles. The molecule has 0 aliphatic carbocycles. The summed E-state index contributed by atoms with van der Waals surface area (Å²) in [6.45, 7) is 9.40. The normalized spacial score (nSPS) is 21.9. The lowest BCUT2D eigenvalue weighted by Gasteiger charge is -2.33. The maximum absolute atomic E-state index is 14.5. The van der Waals surface area contributed by atoms with Crippen LogP contribution in [0.1, 0.15) is 83.0 Å². The zero-order valence-electron chi connectivity index (χ0n) is 28.4. The molecule has 4 aliphatic rings. The highest BCUT2D eigenvalue weighted by Gasteiger charge is 2.47. The molecule has 0 spiro atoms. The molecule has 0 bridgehead atoms. The zero-order valence-corrected chi connectivity index (χ0v) is 28.4. The number of halogens is 3. The van der Waals surface area contributed by atoms with Gasteiger partial charge in [0.2, 0.25) is 0 Å². The SMILES string of the molecule is C=C1CN2CCC[C@@]2(COc2nc3c(c(N4CCCn5nc(C(=O)N(C)C)cc5C4)n2)CO[C@@H](c2nc(N)cc(C#CC)c2C(F)(F)F)C3)C1. The van der Waals surface area contributed by atoms with Gasteiger partial charge >= 0.3 is 12.2 Å². The molecule has 1 amide bonds. The average Bonchev–Trinajstić information content (AvgIpc) is 3.69. The molecular formula is C35H40F3N9O3. The fraction of sp³-hybridized carbons (Fsp3) is 0.514. The Morgan fingerprint density at radius 1 is 1.18 bits per heavy atom. The molecule has 0 aromatic carbocycles. The smallest absolute Gasteiger partial charge is 0.419 e. The van der Waals surface area contributed by atoms with Gasteiger partial charge in [-0.3, -0.25) is 14.4 Å². The van der Waals surface area contributed by atoms with Crippen molar-refractivity contribution in [1.29, 1.82) is 0 Å². The van der Waals surface area contributed by atoms with Gasteiger partial charge in [-0.05, 0) is 51.3 Å². The fourth-order valence-electron chi connectivity index (χ4n) is 7.70. The highest BCUT2D eigenvalue weighted by molar-refractivity contribution is 5.92. The number of hydrogen-bond donors (Lipinski definition) is 1. The molecule has 2 saturated heterocycles. The van der Waals surface area contributed by atoms with Crippen LogP contribution in [0.15, 0.2) is 24.3 Å². The summed E-state index contributed by atoms with van der Waals surface area (Å²) < 4.78 is 58.0. The number of hydrogen-bond acceptors (Lipinski definition) is 10. The predicted molar refractivity (Wildman–Crippen MR) is 178 cm³/mol. The van der Waals surface area contributed by atoms with Crippen molar-refractivity contribution in [1.82, 2.24) is 34.5 Å². The maximum Gasteiger partial charge on any atom is 0.419 e. The monoisotopic (exact) mass is 691 g/mol. The minimum atomic E-state index is -4.75. The molecule has 2 atom stereocenters. The third-order valence-electron chi connectivity index (χ3n) is 9.92. The van der Waals surface area contributed by atoms with Crippen LogP contribution in [-0.2, 0) is 37.0 Å². The van der Waals surface area contributed by atoms with Crippen molar-refractivity contribution >= 4 is 17.5 Å². The maximum atomic E-state index is 14.5. The number of nitrogen functional groups attached to an aromatic ring is 1. The summed E-state index contributed by atoms with van der Waals surface area (Å²) in [6, 6.07) is 3.07. The van der Waals surface area contributed by atoms with Crippen LogP contribution in [0.5, 0.6) is 6.01 Å². The third kappa shape index (κ3) is 6.26. The molecular weight excluding hydrogens is 651 g/mol. The topological polar surface area (TPSA) is 128 Å². The van der Waals surface area contributed by atoms with Crippen LogP contribution in [0.25, 0.3) is 0 Å². The van der Waals surface area contributed by atoms with Crippen LogP contribution in [-0.4, -0.2) is 86.3 Å². The van der Waals surface area contributed by atoms with E-state index in [1.165, 1.54) is 11.8 Å². The number of anilines is 2. The van der Waals surface area contributed by atoms with Crippen LogP contribution in [0.2, 0.25) is 0 Å². The van der Waals surface area contributed by atoms with Gasteiger partial charge in [0.05, 0.1) is 41.3 Å². The van der Waals surface area contributed by atoms with Gasteiger partial charge in [0.15, 0.2) is 5.69 Å². The van der Waals surface area contributed by atoms with E-state index in [4.69, 9.17) is 25.2 Å². The van der Waals surface area contributed by atoms with Gasteiger partial charge < -0.3 is 25.0 Å². The second-order valence-corrected chi connectivity index (χ2v) is 13.7. The molecule has 0 saturated carbocycles. The van der Waals surface area contributed by atoms with Crippen molar-refractivity contribution in [2.45, 2.75) is 76.5 Å². The van der Waals surface area contributed by atoms with E-state index in [0.717, 1.165) is 49.7 Å². The Morgan fingerprint density at radius 3 is 2.76 bits per heavy atom. The van der Waals surface area contributed by atoms with E-state index >= 15 is 0 Å². The van der Waals surface area contributed by atoms with E-state index in [9.17, 15) is 18.0 Å². The Bertz CT molecular complexity index is 1910. The summed E-state index contributed by atoms with van der Waals surface area (Å²) >= 11 is 0. The van der Waals surface area contributed by atoms with Crippen LogP contribution in [0, 0.1) is 11.8 Å². The largest absolute Gasteiger partial charge is 0.461 e. The molecule has 15 heteroatoms. The lowest BCUT2D eigenvalue weighted by atomic mass is 9.94. The van der Waals surface area contributed by atoms with E-state index < -0.39 is 17.8 Å². The number of pyridine rings is 1. The van der Waals surface area contributed by atoms with Gasteiger partial charge in [-0.15, -0.1) is 5.92 Å². The van der Waals surface area contributed by atoms with E-state index in [0.29, 0.717) is 55.4 Å². The van der Waals surface area contributed by atoms with Crippen molar-refractivity contribution in [2.75, 3.05) is 51.0 Å². The van der Waals surface area contributed by atoms with Crippen molar-refractivity contribution in [3.63, 3.8) is 0 Å². The molecule has 0 radical (unpaired) electrons. The number of nitrogens with two attached hydrogens (primary N) is 1. The molecule has 2 N–H and O–H groups in total. The zero-order chi connectivity index (χ0) is 35.4. The second kappa shape index (κ2) is 12.9. The third-order valence-corrected chi connectivity index (χ3v) is 9.92. The van der Waals surface area contributed by atoms with Gasteiger partial charge in [-0.25, -0.2) is 4.98 Å². The molecule has 4 aliphatic heterocycles. The number of nitrogens with zero attached hydrogens (tertiary/aromatic N) is 8. The predicted octanol–water partition coefficient (Wildman–Crippen LogP) is 4.14. The molecule has 2 fully saturated rings. The van der Waals surface area contributed by atoms with E-state index in [1.807, 2.05) is 4.68 Å². The molecule has 7 rings (SSSR count). The lowest BCUT2D eigenvalue weighted by Crippen LogP contribution is -2.43.